The van der Waals surface area contributed by atoms with Crippen LogP contribution in [-0.2, 0) is 16.1 Å². The second-order valence-corrected chi connectivity index (χ2v) is 10.7. The molecular weight excluding hydrogens is 455 g/mol. The van der Waals surface area contributed by atoms with Gasteiger partial charge in [0.25, 0.3) is 0 Å². The zero-order valence-electron chi connectivity index (χ0n) is 20.5. The molecule has 10 nitrogen and oxygen atoms in total. The third kappa shape index (κ3) is 4.78. The number of aryl methyl sites for hydroxylation is 1. The number of hydrogen-bond donors (Lipinski definition) is 3. The molecule has 4 bridgehead atoms. The van der Waals surface area contributed by atoms with Gasteiger partial charge < -0.3 is 24.8 Å². The number of aromatic amines is 1. The second kappa shape index (κ2) is 8.92. The molecule has 3 N–H and O–H groups in total. The van der Waals surface area contributed by atoms with E-state index in [0.717, 1.165) is 37.8 Å². The maximum absolute atomic E-state index is 15.4. The Hall–Kier alpha value is -2.95. The van der Waals surface area contributed by atoms with Crippen molar-refractivity contribution in [1.29, 1.82) is 0 Å². The first-order valence-corrected chi connectivity index (χ1v) is 12.2. The van der Waals surface area contributed by atoms with E-state index in [1.165, 1.54) is 0 Å². The van der Waals surface area contributed by atoms with Crippen molar-refractivity contribution >= 4 is 23.7 Å². The van der Waals surface area contributed by atoms with Crippen molar-refractivity contribution in [1.82, 2.24) is 20.2 Å². The number of carbonyl (C=O) groups excluding carboxylic acids is 1. The van der Waals surface area contributed by atoms with Gasteiger partial charge in [0.1, 0.15) is 12.3 Å². The van der Waals surface area contributed by atoms with Gasteiger partial charge >= 0.3 is 6.16 Å². The number of aliphatic hydroxyl groups is 1. The molecule has 0 saturated heterocycles. The Balaban J connectivity index is 1.43. The first-order chi connectivity index (χ1) is 16.6. The van der Waals surface area contributed by atoms with E-state index in [-0.39, 0.29) is 23.7 Å². The predicted octanol–water partition coefficient (Wildman–Crippen LogP) is 3.83. The molecule has 2 heterocycles. The number of carbonyl (C=O) groups is 1. The van der Waals surface area contributed by atoms with E-state index in [0.29, 0.717) is 29.5 Å². The molecule has 4 aliphatic rings. The van der Waals surface area contributed by atoms with Gasteiger partial charge in [0, 0.05) is 24.8 Å². The normalized spacial score (nSPS) is 28.9. The molecule has 2 aromatic rings. The van der Waals surface area contributed by atoms with Crippen LogP contribution in [0.2, 0.25) is 0 Å². The van der Waals surface area contributed by atoms with Crippen LogP contribution in [0.25, 0.3) is 0 Å². The highest BCUT2D eigenvalue weighted by molar-refractivity contribution is 5.60. The van der Waals surface area contributed by atoms with Gasteiger partial charge in [-0.3, -0.25) is 5.10 Å². The summed E-state index contributed by atoms with van der Waals surface area (Å²) in [5, 5.41) is 20.8. The highest BCUT2D eigenvalue weighted by Gasteiger charge is 2.56. The Kier molecular flexibility index (Phi) is 6.06. The average Bonchev–Trinajstić information content (AvgIpc) is 3.16. The number of aromatic nitrogens is 4. The summed E-state index contributed by atoms with van der Waals surface area (Å²) >= 11 is 0. The highest BCUT2D eigenvalue weighted by atomic mass is 19.1. The zero-order chi connectivity index (χ0) is 24.9. The van der Waals surface area contributed by atoms with E-state index in [2.05, 4.69) is 25.5 Å². The van der Waals surface area contributed by atoms with E-state index in [1.54, 1.807) is 19.9 Å². The number of H-pyrrole nitrogens is 1. The molecule has 4 fully saturated rings. The molecule has 4 aliphatic carbocycles. The van der Waals surface area contributed by atoms with Crippen LogP contribution >= 0.6 is 0 Å². The lowest BCUT2D eigenvalue weighted by Gasteiger charge is -2.59. The summed E-state index contributed by atoms with van der Waals surface area (Å²) in [6.07, 6.45) is 3.34. The Morgan fingerprint density at radius 3 is 2.63 bits per heavy atom. The topological polar surface area (TPSA) is 125 Å². The van der Waals surface area contributed by atoms with Crippen LogP contribution in [0.3, 0.4) is 0 Å². The summed E-state index contributed by atoms with van der Waals surface area (Å²) in [5.41, 5.74) is 0.197. The van der Waals surface area contributed by atoms with Crippen molar-refractivity contribution in [2.45, 2.75) is 77.2 Å². The lowest BCUT2D eigenvalue weighted by molar-refractivity contribution is -0.133. The molecule has 6 rings (SSSR count). The number of rotatable bonds is 7. The van der Waals surface area contributed by atoms with Crippen LogP contribution in [0, 0.1) is 30.5 Å². The Morgan fingerprint density at radius 1 is 1.31 bits per heavy atom. The van der Waals surface area contributed by atoms with Gasteiger partial charge in [-0.05, 0) is 70.6 Å². The minimum absolute atomic E-state index is 0.0494. The van der Waals surface area contributed by atoms with E-state index < -0.39 is 24.2 Å². The van der Waals surface area contributed by atoms with Gasteiger partial charge in [-0.15, -0.1) is 0 Å². The smallest absolute Gasteiger partial charge is 0.432 e. The standard InChI is InChI=1S/C24H33FN6O4/c1-12(2)35-23(32)34-11-17-19(25)21(27-18-5-13(3)29-30-18)28-22(26-17)31(4)20-15-6-14-7-16(20)10-24(33,8-14)9-15/h5,12,14-16,20,33H,6-11H2,1-4H3,(H2,26,27,28,29,30). The van der Waals surface area contributed by atoms with Gasteiger partial charge in [-0.2, -0.15) is 10.1 Å². The monoisotopic (exact) mass is 488 g/mol. The molecule has 0 amide bonds. The minimum Gasteiger partial charge on any atom is -0.432 e. The molecule has 0 spiro atoms. The summed E-state index contributed by atoms with van der Waals surface area (Å²) in [7, 11) is 1.92. The van der Waals surface area contributed by atoms with Crippen molar-refractivity contribution in [2.24, 2.45) is 17.8 Å². The lowest BCUT2D eigenvalue weighted by Crippen LogP contribution is -2.61. The number of nitrogens with one attached hydrogen (secondary N) is 2. The third-order valence-electron chi connectivity index (χ3n) is 7.47. The number of hydrogen-bond acceptors (Lipinski definition) is 9. The lowest BCUT2D eigenvalue weighted by atomic mass is 9.52. The second-order valence-electron chi connectivity index (χ2n) is 10.7. The Labute approximate surface area is 203 Å². The van der Waals surface area contributed by atoms with E-state index in [1.807, 2.05) is 18.9 Å². The molecule has 0 aliphatic heterocycles. The van der Waals surface area contributed by atoms with Crippen molar-refractivity contribution in [3.8, 4) is 0 Å². The third-order valence-corrected chi connectivity index (χ3v) is 7.47. The molecular formula is C24H33FN6O4. The SMILES string of the molecule is Cc1cc(Nc2nc(N(C)C3C4CC5CC3CC(O)(C5)C4)nc(COC(=O)OC(C)C)c2F)n[nH]1. The van der Waals surface area contributed by atoms with E-state index in [9.17, 15) is 9.90 Å². The van der Waals surface area contributed by atoms with Crippen LogP contribution in [-0.4, -0.2) is 56.2 Å². The van der Waals surface area contributed by atoms with Crippen molar-refractivity contribution in [2.75, 3.05) is 17.3 Å². The molecule has 2 atom stereocenters. The number of halogens is 1. The number of ether oxygens (including phenoxy) is 2. The summed E-state index contributed by atoms with van der Waals surface area (Å²) in [6.45, 7) is 4.85. The molecule has 11 heteroatoms. The van der Waals surface area contributed by atoms with Gasteiger partial charge in [-0.25, -0.2) is 14.2 Å². The summed E-state index contributed by atoms with van der Waals surface area (Å²) in [5.74, 6) is 1.20. The van der Waals surface area contributed by atoms with Crippen molar-refractivity contribution < 1.29 is 23.8 Å². The molecule has 2 unspecified atom stereocenters. The van der Waals surface area contributed by atoms with E-state index >= 15 is 4.39 Å². The van der Waals surface area contributed by atoms with Crippen LogP contribution < -0.4 is 10.2 Å². The largest absolute Gasteiger partial charge is 0.508 e. The molecule has 35 heavy (non-hydrogen) atoms. The first-order valence-electron chi connectivity index (χ1n) is 12.2. The maximum atomic E-state index is 15.4. The molecule has 2 aromatic heterocycles. The van der Waals surface area contributed by atoms with Crippen LogP contribution in [0.4, 0.5) is 26.8 Å². The quantitative estimate of drug-likeness (QED) is 0.499. The molecule has 190 valence electrons. The maximum Gasteiger partial charge on any atom is 0.508 e. The molecule has 0 radical (unpaired) electrons. The fourth-order valence-corrected chi connectivity index (χ4v) is 6.49. The van der Waals surface area contributed by atoms with Gasteiger partial charge in [0.05, 0.1) is 11.7 Å². The van der Waals surface area contributed by atoms with Crippen LogP contribution in [0.15, 0.2) is 6.07 Å². The first kappa shape index (κ1) is 23.8. The fourth-order valence-electron chi connectivity index (χ4n) is 6.49. The van der Waals surface area contributed by atoms with Gasteiger partial charge in [0.15, 0.2) is 17.5 Å². The van der Waals surface area contributed by atoms with Crippen LogP contribution in [0.1, 0.15) is 57.3 Å². The summed E-state index contributed by atoms with van der Waals surface area (Å²) < 4.78 is 25.5. The predicted molar refractivity (Wildman–Crippen MR) is 126 cm³/mol. The zero-order valence-corrected chi connectivity index (χ0v) is 20.5. The molecule has 0 aromatic carbocycles. The van der Waals surface area contributed by atoms with Crippen LogP contribution in [0.5, 0.6) is 0 Å². The average molecular weight is 489 g/mol. The Bertz CT molecular complexity index is 1090. The number of anilines is 3. The van der Waals surface area contributed by atoms with Crippen molar-refractivity contribution in [3.05, 3.63) is 23.3 Å². The summed E-state index contributed by atoms with van der Waals surface area (Å²) in [4.78, 5) is 22.9. The highest BCUT2D eigenvalue weighted by Crippen LogP contribution is 2.57. The minimum atomic E-state index is -0.889. The van der Waals surface area contributed by atoms with Crippen molar-refractivity contribution in [3.63, 3.8) is 0 Å². The van der Waals surface area contributed by atoms with Gasteiger partial charge in [0.2, 0.25) is 5.95 Å². The summed E-state index contributed by atoms with van der Waals surface area (Å²) in [6, 6.07) is 1.89. The number of nitrogens with zero attached hydrogens (tertiary/aromatic N) is 4. The molecule has 4 saturated carbocycles. The van der Waals surface area contributed by atoms with Gasteiger partial charge in [-0.1, -0.05) is 0 Å². The fraction of sp³-hybridized carbons (Fsp3) is 0.667. The Morgan fingerprint density at radius 2 is 2.03 bits per heavy atom. The van der Waals surface area contributed by atoms with E-state index in [4.69, 9.17) is 9.47 Å².